The van der Waals surface area contributed by atoms with Gasteiger partial charge < -0.3 is 9.64 Å². The molecule has 1 atom stereocenters. The van der Waals surface area contributed by atoms with Crippen molar-refractivity contribution in [3.8, 4) is 11.3 Å². The zero-order valence-electron chi connectivity index (χ0n) is 17.1. The molecule has 29 heavy (non-hydrogen) atoms. The first-order valence-corrected chi connectivity index (χ1v) is 11.1. The summed E-state index contributed by atoms with van der Waals surface area (Å²) in [7, 11) is 0. The normalized spacial score (nSPS) is 21.8. The van der Waals surface area contributed by atoms with Gasteiger partial charge in [0.1, 0.15) is 0 Å². The predicted octanol–water partition coefficient (Wildman–Crippen LogP) is 3.61. The number of H-pyrrole nitrogens is 1. The third-order valence-electron chi connectivity index (χ3n) is 5.80. The molecule has 1 N–H and O–H groups in total. The molecule has 2 fully saturated rings. The molecular formula is C21H29Cl2N5O. The third kappa shape index (κ3) is 5.25. The molecule has 2 aliphatic heterocycles. The van der Waals surface area contributed by atoms with Gasteiger partial charge in [0.25, 0.3) is 0 Å². The number of morpholine rings is 1. The fourth-order valence-electron chi connectivity index (χ4n) is 4.10. The van der Waals surface area contributed by atoms with Gasteiger partial charge in [-0.25, -0.2) is 0 Å². The van der Waals surface area contributed by atoms with E-state index in [1.165, 1.54) is 0 Å². The van der Waals surface area contributed by atoms with Crippen molar-refractivity contribution in [2.75, 3.05) is 57.3 Å². The smallest absolute Gasteiger partial charge is 0.151 e. The van der Waals surface area contributed by atoms with Crippen LogP contribution in [0.5, 0.6) is 0 Å². The van der Waals surface area contributed by atoms with Crippen LogP contribution in [-0.4, -0.2) is 84.6 Å². The number of hydrogen-bond donors (Lipinski definition) is 1. The lowest BCUT2D eigenvalue weighted by molar-refractivity contribution is -0.0525. The molecule has 0 spiro atoms. The van der Waals surface area contributed by atoms with Crippen molar-refractivity contribution in [1.82, 2.24) is 20.0 Å². The van der Waals surface area contributed by atoms with E-state index >= 15 is 0 Å². The lowest BCUT2D eigenvalue weighted by atomic mass is 10.1. The number of ether oxygens (including phenoxy) is 1. The minimum atomic E-state index is 0.308. The van der Waals surface area contributed by atoms with E-state index in [1.54, 1.807) is 6.07 Å². The number of piperazine rings is 1. The molecule has 2 aliphatic rings. The largest absolute Gasteiger partial charge is 0.374 e. The van der Waals surface area contributed by atoms with Crippen LogP contribution in [0, 0.1) is 0 Å². The first-order valence-electron chi connectivity index (χ1n) is 10.3. The van der Waals surface area contributed by atoms with Gasteiger partial charge in [-0.05, 0) is 32.0 Å². The maximum absolute atomic E-state index is 6.13. The summed E-state index contributed by atoms with van der Waals surface area (Å²) in [6.45, 7) is 12.4. The molecule has 4 rings (SSSR count). The molecule has 0 radical (unpaired) electrons. The predicted molar refractivity (Wildman–Crippen MR) is 119 cm³/mol. The highest BCUT2D eigenvalue weighted by atomic mass is 35.5. The highest BCUT2D eigenvalue weighted by molar-refractivity contribution is 6.35. The number of benzene rings is 1. The van der Waals surface area contributed by atoms with Gasteiger partial charge >= 0.3 is 0 Å². The quantitative estimate of drug-likeness (QED) is 0.773. The van der Waals surface area contributed by atoms with Gasteiger partial charge in [-0.3, -0.25) is 14.9 Å². The van der Waals surface area contributed by atoms with Crippen LogP contribution in [0.15, 0.2) is 24.3 Å². The van der Waals surface area contributed by atoms with Crippen LogP contribution in [0.2, 0.25) is 10.0 Å². The summed E-state index contributed by atoms with van der Waals surface area (Å²) in [5.74, 6) is 0.968. The van der Waals surface area contributed by atoms with E-state index in [1.807, 2.05) is 12.1 Å². The molecule has 6 nitrogen and oxygen atoms in total. The van der Waals surface area contributed by atoms with E-state index < -0.39 is 0 Å². The molecule has 8 heteroatoms. The molecule has 2 aromatic rings. The summed E-state index contributed by atoms with van der Waals surface area (Å²) in [4.78, 5) is 7.35. The topological polar surface area (TPSA) is 47.6 Å². The minimum Gasteiger partial charge on any atom is -0.374 e. The Labute approximate surface area is 182 Å². The highest BCUT2D eigenvalue weighted by Crippen LogP contribution is 2.28. The van der Waals surface area contributed by atoms with Crippen LogP contribution in [-0.2, 0) is 4.74 Å². The molecule has 0 amide bonds. The zero-order chi connectivity index (χ0) is 20.4. The van der Waals surface area contributed by atoms with Crippen LogP contribution in [0.1, 0.15) is 13.8 Å². The van der Waals surface area contributed by atoms with E-state index in [9.17, 15) is 0 Å². The lowest BCUT2D eigenvalue weighted by Gasteiger charge is -2.40. The summed E-state index contributed by atoms with van der Waals surface area (Å²) in [5.41, 5.74) is 1.88. The number of nitrogens with one attached hydrogen (secondary N) is 1. The molecule has 0 saturated carbocycles. The minimum absolute atomic E-state index is 0.308. The van der Waals surface area contributed by atoms with Gasteiger partial charge in [-0.1, -0.05) is 23.2 Å². The molecule has 1 aromatic carbocycles. The first-order chi connectivity index (χ1) is 14.0. The van der Waals surface area contributed by atoms with Crippen molar-refractivity contribution in [2.24, 2.45) is 0 Å². The molecule has 0 bridgehead atoms. The van der Waals surface area contributed by atoms with Crippen molar-refractivity contribution in [1.29, 1.82) is 0 Å². The van der Waals surface area contributed by atoms with Gasteiger partial charge in [0.15, 0.2) is 5.82 Å². The standard InChI is InChI=1S/C21H29Cl2N5O/c1-15(2)28-7-8-29-19(14-28)13-26-3-5-27(6-4-26)21-12-20(24-25-21)16-9-17(22)11-18(23)10-16/h9-12,15,19H,3-8,13-14H2,1-2H3,(H,24,25). The van der Waals surface area contributed by atoms with E-state index in [0.717, 1.165) is 69.5 Å². The summed E-state index contributed by atoms with van der Waals surface area (Å²) in [6, 6.07) is 8.18. The van der Waals surface area contributed by atoms with Crippen LogP contribution in [0.4, 0.5) is 5.82 Å². The number of aromatic nitrogens is 2. The van der Waals surface area contributed by atoms with Gasteiger partial charge in [-0.2, -0.15) is 5.10 Å². The number of aromatic amines is 1. The number of halogens is 2. The Kier molecular flexibility index (Phi) is 6.66. The first kappa shape index (κ1) is 20.9. The fourth-order valence-corrected chi connectivity index (χ4v) is 4.63. The molecule has 158 valence electrons. The Morgan fingerprint density at radius 1 is 1.07 bits per heavy atom. The van der Waals surface area contributed by atoms with Crippen LogP contribution >= 0.6 is 23.2 Å². The average molecular weight is 438 g/mol. The maximum atomic E-state index is 6.13. The Balaban J connectivity index is 1.31. The second kappa shape index (κ2) is 9.23. The molecule has 0 aliphatic carbocycles. The van der Waals surface area contributed by atoms with E-state index in [4.69, 9.17) is 27.9 Å². The van der Waals surface area contributed by atoms with Crippen LogP contribution in [0.25, 0.3) is 11.3 Å². The average Bonchev–Trinajstić information content (AvgIpc) is 3.18. The zero-order valence-corrected chi connectivity index (χ0v) is 18.6. The number of rotatable bonds is 5. The van der Waals surface area contributed by atoms with E-state index in [0.29, 0.717) is 22.2 Å². The third-order valence-corrected chi connectivity index (χ3v) is 6.23. The second-order valence-corrected chi connectivity index (χ2v) is 9.04. The Hall–Kier alpha value is -1.31. The number of anilines is 1. The molecule has 1 unspecified atom stereocenters. The highest BCUT2D eigenvalue weighted by Gasteiger charge is 2.26. The molecule has 3 heterocycles. The second-order valence-electron chi connectivity index (χ2n) is 8.17. The Morgan fingerprint density at radius 2 is 1.79 bits per heavy atom. The van der Waals surface area contributed by atoms with E-state index in [-0.39, 0.29) is 0 Å². The number of nitrogens with zero attached hydrogens (tertiary/aromatic N) is 4. The van der Waals surface area contributed by atoms with Crippen molar-refractivity contribution >= 4 is 29.0 Å². The molecular weight excluding hydrogens is 409 g/mol. The summed E-state index contributed by atoms with van der Waals surface area (Å²) in [5, 5.41) is 8.88. The van der Waals surface area contributed by atoms with Crippen molar-refractivity contribution in [2.45, 2.75) is 26.0 Å². The Bertz CT molecular complexity index is 799. The van der Waals surface area contributed by atoms with Crippen LogP contribution in [0.3, 0.4) is 0 Å². The number of hydrogen-bond acceptors (Lipinski definition) is 5. The summed E-state index contributed by atoms with van der Waals surface area (Å²) in [6.07, 6.45) is 0.308. The van der Waals surface area contributed by atoms with Gasteiger partial charge in [-0.15, -0.1) is 0 Å². The van der Waals surface area contributed by atoms with Gasteiger partial charge in [0.05, 0.1) is 18.4 Å². The van der Waals surface area contributed by atoms with Crippen molar-refractivity contribution < 1.29 is 4.74 Å². The maximum Gasteiger partial charge on any atom is 0.151 e. The monoisotopic (exact) mass is 437 g/mol. The SMILES string of the molecule is CC(C)N1CCOC(CN2CCN(c3cc(-c4cc(Cl)cc(Cl)c4)[nH]n3)CC2)C1. The van der Waals surface area contributed by atoms with Crippen LogP contribution < -0.4 is 4.90 Å². The lowest BCUT2D eigenvalue weighted by Crippen LogP contribution is -2.53. The summed E-state index contributed by atoms with van der Waals surface area (Å²) >= 11 is 12.3. The van der Waals surface area contributed by atoms with Gasteiger partial charge in [0, 0.05) is 73.5 Å². The van der Waals surface area contributed by atoms with Crippen molar-refractivity contribution in [3.63, 3.8) is 0 Å². The molecule has 1 aromatic heterocycles. The summed E-state index contributed by atoms with van der Waals surface area (Å²) < 4.78 is 6.01. The van der Waals surface area contributed by atoms with Crippen molar-refractivity contribution in [3.05, 3.63) is 34.3 Å². The fraction of sp³-hybridized carbons (Fsp3) is 0.571. The van der Waals surface area contributed by atoms with E-state index in [2.05, 4.69) is 44.8 Å². The Morgan fingerprint density at radius 3 is 2.48 bits per heavy atom. The van der Waals surface area contributed by atoms with Gasteiger partial charge in [0.2, 0.25) is 0 Å². The molecule has 2 saturated heterocycles.